The van der Waals surface area contributed by atoms with Gasteiger partial charge in [0.15, 0.2) is 0 Å². The molecule has 0 saturated carbocycles. The molecule has 102 valence electrons. The van der Waals surface area contributed by atoms with Crippen molar-refractivity contribution < 1.29 is 9.13 Å². The second-order valence-electron chi connectivity index (χ2n) is 4.70. The monoisotopic (exact) mass is 318 g/mol. The van der Waals surface area contributed by atoms with Crippen LogP contribution >= 0.6 is 15.9 Å². The molecule has 0 aliphatic rings. The fourth-order valence-corrected chi connectivity index (χ4v) is 2.22. The Kier molecular flexibility index (Phi) is 5.72. The Hall–Kier alpha value is -0.490. The number of benzene rings is 1. The van der Waals surface area contributed by atoms with Gasteiger partial charge in [0, 0.05) is 11.1 Å². The van der Waals surface area contributed by atoms with Crippen molar-refractivity contribution in [3.05, 3.63) is 34.1 Å². The van der Waals surface area contributed by atoms with Crippen LogP contribution < -0.4 is 11.3 Å². The summed E-state index contributed by atoms with van der Waals surface area (Å²) in [6, 6.07) is 4.87. The summed E-state index contributed by atoms with van der Waals surface area (Å²) in [6.45, 7) is 6.40. The van der Waals surface area contributed by atoms with Crippen molar-refractivity contribution in [3.63, 3.8) is 0 Å². The van der Waals surface area contributed by atoms with Crippen LogP contribution in [0.15, 0.2) is 22.7 Å². The number of halogens is 2. The number of hydrogen-bond acceptors (Lipinski definition) is 3. The molecule has 1 aromatic rings. The predicted molar refractivity (Wildman–Crippen MR) is 74.6 cm³/mol. The molecule has 0 spiro atoms. The third-order valence-corrected chi connectivity index (χ3v) is 3.49. The Morgan fingerprint density at radius 1 is 1.50 bits per heavy atom. The molecule has 1 rings (SSSR count). The highest BCUT2D eigenvalue weighted by atomic mass is 79.9. The van der Waals surface area contributed by atoms with Gasteiger partial charge in [-0.3, -0.25) is 11.3 Å². The van der Waals surface area contributed by atoms with E-state index in [0.717, 1.165) is 4.47 Å². The molecule has 0 saturated heterocycles. The van der Waals surface area contributed by atoms with E-state index in [9.17, 15) is 4.39 Å². The lowest BCUT2D eigenvalue weighted by Gasteiger charge is -2.33. The minimum Gasteiger partial charge on any atom is -0.374 e. The van der Waals surface area contributed by atoms with Crippen LogP contribution in [-0.2, 0) is 11.2 Å². The van der Waals surface area contributed by atoms with Gasteiger partial charge in [-0.25, -0.2) is 4.39 Å². The maximum absolute atomic E-state index is 13.8. The van der Waals surface area contributed by atoms with Crippen LogP contribution in [-0.4, -0.2) is 18.2 Å². The van der Waals surface area contributed by atoms with Crippen molar-refractivity contribution in [1.29, 1.82) is 0 Å². The Balaban J connectivity index is 2.85. The molecule has 1 aromatic carbocycles. The van der Waals surface area contributed by atoms with Gasteiger partial charge in [0.05, 0.1) is 11.6 Å². The minimum atomic E-state index is -0.455. The van der Waals surface area contributed by atoms with E-state index in [1.807, 2.05) is 26.8 Å². The predicted octanol–water partition coefficient (Wildman–Crippen LogP) is 2.78. The number of hydrogen-bond donors (Lipinski definition) is 2. The Morgan fingerprint density at radius 2 is 2.17 bits per heavy atom. The standard InChI is InChI=1S/C13H20BrFN2O/c1-4-18-13(2,3)12(17-16)7-9-5-6-10(14)8-11(9)15/h5-6,8,12,17H,4,7,16H2,1-3H3. The smallest absolute Gasteiger partial charge is 0.127 e. The maximum atomic E-state index is 13.8. The van der Waals surface area contributed by atoms with Gasteiger partial charge >= 0.3 is 0 Å². The first-order chi connectivity index (χ1) is 8.40. The molecule has 0 heterocycles. The zero-order valence-electron chi connectivity index (χ0n) is 11.0. The van der Waals surface area contributed by atoms with Crippen LogP contribution in [0, 0.1) is 5.82 Å². The Labute approximate surface area is 116 Å². The highest BCUT2D eigenvalue weighted by molar-refractivity contribution is 9.10. The second kappa shape index (κ2) is 6.61. The Bertz CT molecular complexity index is 399. The molecule has 0 radical (unpaired) electrons. The number of hydrazine groups is 1. The fraction of sp³-hybridized carbons (Fsp3) is 0.538. The maximum Gasteiger partial charge on any atom is 0.127 e. The van der Waals surface area contributed by atoms with Crippen LogP contribution in [0.25, 0.3) is 0 Å². The van der Waals surface area contributed by atoms with Gasteiger partial charge in [-0.15, -0.1) is 0 Å². The van der Waals surface area contributed by atoms with Crippen molar-refractivity contribution in [2.75, 3.05) is 6.61 Å². The second-order valence-corrected chi connectivity index (χ2v) is 5.61. The molecule has 0 aromatic heterocycles. The van der Waals surface area contributed by atoms with Crippen LogP contribution in [0.4, 0.5) is 4.39 Å². The van der Waals surface area contributed by atoms with Crippen molar-refractivity contribution >= 4 is 15.9 Å². The largest absolute Gasteiger partial charge is 0.374 e. The summed E-state index contributed by atoms with van der Waals surface area (Å²) in [6.07, 6.45) is 0.475. The summed E-state index contributed by atoms with van der Waals surface area (Å²) < 4.78 is 20.2. The summed E-state index contributed by atoms with van der Waals surface area (Å²) in [5, 5.41) is 0. The summed E-state index contributed by atoms with van der Waals surface area (Å²) in [4.78, 5) is 0. The molecule has 0 aliphatic heterocycles. The first kappa shape index (κ1) is 15.6. The summed E-state index contributed by atoms with van der Waals surface area (Å²) in [5.74, 6) is 5.32. The number of nitrogens with two attached hydrogens (primary N) is 1. The average molecular weight is 319 g/mol. The zero-order valence-corrected chi connectivity index (χ0v) is 12.6. The molecule has 1 atom stereocenters. The highest BCUT2D eigenvalue weighted by Crippen LogP contribution is 2.22. The zero-order chi connectivity index (χ0) is 13.8. The molecule has 1 unspecified atom stereocenters. The van der Waals surface area contributed by atoms with Gasteiger partial charge in [0.2, 0.25) is 0 Å². The lowest BCUT2D eigenvalue weighted by atomic mass is 9.92. The van der Waals surface area contributed by atoms with E-state index in [1.54, 1.807) is 6.07 Å². The average Bonchev–Trinajstić information content (AvgIpc) is 2.27. The molecule has 0 fully saturated rings. The molecule has 3 N–H and O–H groups in total. The van der Waals surface area contributed by atoms with Crippen molar-refractivity contribution in [2.24, 2.45) is 5.84 Å². The van der Waals surface area contributed by atoms with Crippen molar-refractivity contribution in [3.8, 4) is 0 Å². The lowest BCUT2D eigenvalue weighted by molar-refractivity contribution is -0.0382. The van der Waals surface area contributed by atoms with Gasteiger partial charge in [0.1, 0.15) is 5.82 Å². The molecule has 5 heteroatoms. The molecular weight excluding hydrogens is 299 g/mol. The normalized spacial score (nSPS) is 13.7. The first-order valence-corrected chi connectivity index (χ1v) is 6.74. The first-order valence-electron chi connectivity index (χ1n) is 5.94. The van der Waals surface area contributed by atoms with E-state index in [1.165, 1.54) is 6.07 Å². The quantitative estimate of drug-likeness (QED) is 0.626. The summed E-state index contributed by atoms with van der Waals surface area (Å²) in [7, 11) is 0. The summed E-state index contributed by atoms with van der Waals surface area (Å²) >= 11 is 3.24. The van der Waals surface area contributed by atoms with E-state index >= 15 is 0 Å². The van der Waals surface area contributed by atoms with E-state index in [2.05, 4.69) is 21.4 Å². The SMILES string of the molecule is CCOC(C)(C)C(Cc1ccc(Br)cc1F)NN. The Morgan fingerprint density at radius 3 is 2.67 bits per heavy atom. The summed E-state index contributed by atoms with van der Waals surface area (Å²) in [5.41, 5.74) is 2.88. The van der Waals surface area contributed by atoms with Crippen LogP contribution in [0.5, 0.6) is 0 Å². The highest BCUT2D eigenvalue weighted by Gasteiger charge is 2.30. The minimum absolute atomic E-state index is 0.159. The molecule has 3 nitrogen and oxygen atoms in total. The molecule has 0 aliphatic carbocycles. The van der Waals surface area contributed by atoms with Gasteiger partial charge in [-0.05, 0) is 44.9 Å². The third-order valence-electron chi connectivity index (χ3n) is 3.00. The van der Waals surface area contributed by atoms with Gasteiger partial charge < -0.3 is 4.74 Å². The third kappa shape index (κ3) is 4.02. The van der Waals surface area contributed by atoms with E-state index in [0.29, 0.717) is 18.6 Å². The fourth-order valence-electron chi connectivity index (χ4n) is 1.89. The molecular formula is C13H20BrFN2O. The van der Waals surface area contributed by atoms with Gasteiger partial charge in [-0.2, -0.15) is 0 Å². The van der Waals surface area contributed by atoms with E-state index in [4.69, 9.17) is 10.6 Å². The molecule has 0 bridgehead atoms. The van der Waals surface area contributed by atoms with Gasteiger partial charge in [0.25, 0.3) is 0 Å². The van der Waals surface area contributed by atoms with Crippen LogP contribution in [0.3, 0.4) is 0 Å². The lowest BCUT2D eigenvalue weighted by Crippen LogP contribution is -2.52. The van der Waals surface area contributed by atoms with Crippen molar-refractivity contribution in [1.82, 2.24) is 5.43 Å². The van der Waals surface area contributed by atoms with Crippen LogP contribution in [0.2, 0.25) is 0 Å². The number of ether oxygens (including phenoxy) is 1. The van der Waals surface area contributed by atoms with E-state index in [-0.39, 0.29) is 11.9 Å². The molecule has 0 amide bonds. The molecule has 18 heavy (non-hydrogen) atoms. The number of nitrogens with one attached hydrogen (secondary N) is 1. The number of rotatable bonds is 6. The van der Waals surface area contributed by atoms with Gasteiger partial charge in [-0.1, -0.05) is 22.0 Å². The van der Waals surface area contributed by atoms with Crippen molar-refractivity contribution in [2.45, 2.75) is 38.8 Å². The topological polar surface area (TPSA) is 47.3 Å². The van der Waals surface area contributed by atoms with Crippen LogP contribution in [0.1, 0.15) is 26.3 Å². The van der Waals surface area contributed by atoms with E-state index < -0.39 is 5.60 Å².